The summed E-state index contributed by atoms with van der Waals surface area (Å²) in [6.07, 6.45) is 0.742. The number of ether oxygens (including phenoxy) is 2. The van der Waals surface area contributed by atoms with Crippen molar-refractivity contribution >= 4 is 23.2 Å². The number of carbonyl (C=O) groups excluding carboxylic acids is 1. The Morgan fingerprint density at radius 3 is 2.79 bits per heavy atom. The third-order valence-corrected chi connectivity index (χ3v) is 4.66. The predicted molar refractivity (Wildman–Crippen MR) is 107 cm³/mol. The van der Waals surface area contributed by atoms with Crippen molar-refractivity contribution in [1.29, 1.82) is 0 Å². The van der Waals surface area contributed by atoms with Gasteiger partial charge in [-0.05, 0) is 56.2 Å². The van der Waals surface area contributed by atoms with Crippen molar-refractivity contribution < 1.29 is 14.3 Å². The van der Waals surface area contributed by atoms with Gasteiger partial charge in [0.1, 0.15) is 18.0 Å². The monoisotopic (exact) mass is 400 g/mol. The van der Waals surface area contributed by atoms with Crippen LogP contribution in [0, 0.1) is 13.8 Å². The molecular formula is C21H21ClN2O4. The summed E-state index contributed by atoms with van der Waals surface area (Å²) in [5.74, 6) is 0.355. The van der Waals surface area contributed by atoms with E-state index in [0.29, 0.717) is 35.1 Å². The van der Waals surface area contributed by atoms with Crippen molar-refractivity contribution in [2.45, 2.75) is 33.3 Å². The zero-order valence-corrected chi connectivity index (χ0v) is 16.5. The molecular weight excluding hydrogens is 380 g/mol. The molecule has 146 valence electrons. The number of rotatable bonds is 7. The standard InChI is InChI=1S/C21H21ClN2O4/c1-14-11-17(8-9-18(14)22)27-10-4-7-21(26)28-13-16-12-20(25)24-15(2)5-3-6-19(24)23-16/h3,5-6,8-9,11-12H,4,7,10,13H2,1-2H3. The number of nitrogens with zero attached hydrogens (tertiary/aromatic N) is 2. The summed E-state index contributed by atoms with van der Waals surface area (Å²) in [7, 11) is 0. The molecule has 0 bridgehead atoms. The summed E-state index contributed by atoms with van der Waals surface area (Å²) in [6, 6.07) is 12.2. The SMILES string of the molecule is Cc1cc(OCCCC(=O)OCc2cc(=O)n3c(C)cccc3n2)ccc1Cl. The van der Waals surface area contributed by atoms with E-state index in [1.807, 2.05) is 32.0 Å². The average Bonchev–Trinajstić information content (AvgIpc) is 2.66. The van der Waals surface area contributed by atoms with E-state index in [0.717, 1.165) is 11.3 Å². The molecule has 2 heterocycles. The van der Waals surface area contributed by atoms with Gasteiger partial charge in [0.25, 0.3) is 5.56 Å². The molecule has 0 unspecified atom stereocenters. The molecule has 0 N–H and O–H groups in total. The van der Waals surface area contributed by atoms with Crippen molar-refractivity contribution in [1.82, 2.24) is 9.38 Å². The molecule has 28 heavy (non-hydrogen) atoms. The first-order valence-electron chi connectivity index (χ1n) is 8.97. The van der Waals surface area contributed by atoms with E-state index in [2.05, 4.69) is 4.98 Å². The van der Waals surface area contributed by atoms with Crippen LogP contribution in [0.4, 0.5) is 0 Å². The number of halogens is 1. The molecule has 3 aromatic rings. The Morgan fingerprint density at radius 2 is 2.00 bits per heavy atom. The minimum Gasteiger partial charge on any atom is -0.494 e. The highest BCUT2D eigenvalue weighted by Crippen LogP contribution is 2.21. The highest BCUT2D eigenvalue weighted by atomic mass is 35.5. The first kappa shape index (κ1) is 19.9. The van der Waals surface area contributed by atoms with Crippen LogP contribution >= 0.6 is 11.6 Å². The Labute approximate surface area is 167 Å². The number of esters is 1. The van der Waals surface area contributed by atoms with Crippen LogP contribution in [-0.2, 0) is 16.1 Å². The topological polar surface area (TPSA) is 69.9 Å². The zero-order chi connectivity index (χ0) is 20.1. The van der Waals surface area contributed by atoms with Crippen LogP contribution in [0.1, 0.15) is 29.8 Å². The Bertz CT molecular complexity index is 1060. The molecule has 0 saturated heterocycles. The second-order valence-corrected chi connectivity index (χ2v) is 6.88. The molecule has 0 aliphatic heterocycles. The maximum Gasteiger partial charge on any atom is 0.306 e. The molecule has 0 atom stereocenters. The van der Waals surface area contributed by atoms with Crippen molar-refractivity contribution in [2.75, 3.05) is 6.61 Å². The first-order chi connectivity index (χ1) is 13.4. The van der Waals surface area contributed by atoms with Crippen LogP contribution in [0.5, 0.6) is 5.75 Å². The summed E-state index contributed by atoms with van der Waals surface area (Å²) in [6.45, 7) is 4.10. The summed E-state index contributed by atoms with van der Waals surface area (Å²) in [5, 5.41) is 0.688. The molecule has 0 aliphatic carbocycles. The van der Waals surface area contributed by atoms with Crippen molar-refractivity contribution in [3.63, 3.8) is 0 Å². The smallest absolute Gasteiger partial charge is 0.306 e. The van der Waals surface area contributed by atoms with E-state index in [-0.39, 0.29) is 24.6 Å². The van der Waals surface area contributed by atoms with Crippen LogP contribution < -0.4 is 10.3 Å². The number of pyridine rings is 1. The van der Waals surface area contributed by atoms with Crippen molar-refractivity contribution in [2.24, 2.45) is 0 Å². The summed E-state index contributed by atoms with van der Waals surface area (Å²) in [4.78, 5) is 28.5. The van der Waals surface area contributed by atoms with Gasteiger partial charge in [-0.1, -0.05) is 17.7 Å². The minimum atomic E-state index is -0.359. The average molecular weight is 401 g/mol. The number of aryl methyl sites for hydroxylation is 2. The maximum absolute atomic E-state index is 12.2. The Morgan fingerprint density at radius 1 is 1.18 bits per heavy atom. The Balaban J connectivity index is 1.47. The minimum absolute atomic E-state index is 0.0320. The Hall–Kier alpha value is -2.86. The van der Waals surface area contributed by atoms with Gasteiger partial charge < -0.3 is 9.47 Å². The van der Waals surface area contributed by atoms with E-state index in [9.17, 15) is 9.59 Å². The van der Waals surface area contributed by atoms with E-state index < -0.39 is 0 Å². The lowest BCUT2D eigenvalue weighted by molar-refractivity contribution is -0.145. The molecule has 0 aliphatic rings. The van der Waals surface area contributed by atoms with Gasteiger partial charge in [0.15, 0.2) is 0 Å². The lowest BCUT2D eigenvalue weighted by atomic mass is 10.2. The molecule has 0 saturated carbocycles. The second kappa shape index (κ2) is 8.89. The highest BCUT2D eigenvalue weighted by Gasteiger charge is 2.08. The van der Waals surface area contributed by atoms with Crippen LogP contribution in [0.3, 0.4) is 0 Å². The third kappa shape index (κ3) is 4.89. The fraction of sp³-hybridized carbons (Fsp3) is 0.286. The largest absolute Gasteiger partial charge is 0.494 e. The van der Waals surface area contributed by atoms with E-state index in [1.165, 1.54) is 10.5 Å². The predicted octanol–water partition coefficient (Wildman–Crippen LogP) is 3.87. The summed E-state index contributed by atoms with van der Waals surface area (Å²) >= 11 is 5.98. The quantitative estimate of drug-likeness (QED) is 0.445. The van der Waals surface area contributed by atoms with Crippen molar-refractivity contribution in [3.05, 3.63) is 74.8 Å². The van der Waals surface area contributed by atoms with Gasteiger partial charge in [0, 0.05) is 23.2 Å². The fourth-order valence-electron chi connectivity index (χ4n) is 2.78. The molecule has 0 radical (unpaired) electrons. The molecule has 1 aromatic carbocycles. The second-order valence-electron chi connectivity index (χ2n) is 6.47. The molecule has 3 rings (SSSR count). The number of hydrogen-bond acceptors (Lipinski definition) is 5. The lowest BCUT2D eigenvalue weighted by Crippen LogP contribution is -2.18. The number of hydrogen-bond donors (Lipinski definition) is 0. The molecule has 0 fully saturated rings. The van der Waals surface area contributed by atoms with Gasteiger partial charge in [-0.2, -0.15) is 0 Å². The Kier molecular flexibility index (Phi) is 6.31. The zero-order valence-electron chi connectivity index (χ0n) is 15.8. The summed E-state index contributed by atoms with van der Waals surface area (Å²) in [5.41, 5.74) is 2.50. The van der Waals surface area contributed by atoms with Gasteiger partial charge in [-0.25, -0.2) is 4.98 Å². The van der Waals surface area contributed by atoms with E-state index >= 15 is 0 Å². The van der Waals surface area contributed by atoms with Gasteiger partial charge in [-0.15, -0.1) is 0 Å². The number of carbonyl (C=O) groups is 1. The fourth-order valence-corrected chi connectivity index (χ4v) is 2.90. The van der Waals surface area contributed by atoms with Crippen LogP contribution in [-0.4, -0.2) is 22.0 Å². The van der Waals surface area contributed by atoms with Crippen LogP contribution in [0.25, 0.3) is 5.65 Å². The molecule has 6 nitrogen and oxygen atoms in total. The van der Waals surface area contributed by atoms with Gasteiger partial charge in [0.05, 0.1) is 12.3 Å². The van der Waals surface area contributed by atoms with Gasteiger partial charge in [-0.3, -0.25) is 14.0 Å². The van der Waals surface area contributed by atoms with Gasteiger partial charge >= 0.3 is 5.97 Å². The van der Waals surface area contributed by atoms with E-state index in [4.69, 9.17) is 21.1 Å². The normalized spacial score (nSPS) is 10.8. The van der Waals surface area contributed by atoms with Crippen LogP contribution in [0.15, 0.2) is 47.3 Å². The highest BCUT2D eigenvalue weighted by molar-refractivity contribution is 6.31. The maximum atomic E-state index is 12.2. The summed E-state index contributed by atoms with van der Waals surface area (Å²) < 4.78 is 12.3. The van der Waals surface area contributed by atoms with Crippen LogP contribution in [0.2, 0.25) is 5.02 Å². The number of fused-ring (bicyclic) bond motifs is 1. The molecule has 0 spiro atoms. The molecule has 7 heteroatoms. The molecule has 2 aromatic heterocycles. The number of aromatic nitrogens is 2. The lowest BCUT2D eigenvalue weighted by Gasteiger charge is -2.09. The van der Waals surface area contributed by atoms with E-state index in [1.54, 1.807) is 18.2 Å². The third-order valence-electron chi connectivity index (χ3n) is 4.24. The van der Waals surface area contributed by atoms with Crippen molar-refractivity contribution in [3.8, 4) is 5.75 Å². The first-order valence-corrected chi connectivity index (χ1v) is 9.35. The van der Waals surface area contributed by atoms with Gasteiger partial charge in [0.2, 0.25) is 0 Å². The molecule has 0 amide bonds. The number of benzene rings is 1.